The van der Waals surface area contributed by atoms with E-state index in [0.29, 0.717) is 50.9 Å². The molecule has 158 valence electrons. The van der Waals surface area contributed by atoms with E-state index >= 15 is 0 Å². The van der Waals surface area contributed by atoms with Crippen LogP contribution in [0.3, 0.4) is 0 Å². The number of nitrogens with zero attached hydrogens (tertiary/aromatic N) is 1. The number of cyclic esters (lactones) is 1. The van der Waals surface area contributed by atoms with E-state index in [-0.39, 0.29) is 29.0 Å². The van der Waals surface area contributed by atoms with Crippen molar-refractivity contribution in [2.45, 2.75) is 50.4 Å². The molecule has 1 aromatic carbocycles. The molecule has 2 aliphatic heterocycles. The van der Waals surface area contributed by atoms with Gasteiger partial charge in [-0.15, -0.1) is 13.2 Å². The number of piperidine rings is 1. The Hall–Kier alpha value is -2.45. The molecule has 3 fully saturated rings. The fourth-order valence-electron chi connectivity index (χ4n) is 4.75. The Kier molecular flexibility index (Phi) is 4.86. The molecular weight excluding hydrogens is 389 g/mol. The number of hydrogen-bond acceptors (Lipinski definition) is 4. The number of benzene rings is 1. The summed E-state index contributed by atoms with van der Waals surface area (Å²) < 4.78 is 46.8. The molecule has 1 saturated carbocycles. The summed E-state index contributed by atoms with van der Waals surface area (Å²) in [6.07, 6.45) is -2.58. The van der Waals surface area contributed by atoms with Crippen molar-refractivity contribution >= 4 is 12.0 Å². The smallest absolute Gasteiger partial charge is 0.447 e. The molecule has 2 heterocycles. The van der Waals surface area contributed by atoms with Crippen molar-refractivity contribution in [3.63, 3.8) is 0 Å². The lowest BCUT2D eigenvalue weighted by atomic mass is 9.68. The number of nitrogens with one attached hydrogen (secondary N) is 1. The van der Waals surface area contributed by atoms with E-state index < -0.39 is 12.5 Å². The third-order valence-corrected chi connectivity index (χ3v) is 6.27. The van der Waals surface area contributed by atoms with E-state index in [0.717, 1.165) is 5.56 Å². The summed E-state index contributed by atoms with van der Waals surface area (Å²) in [6, 6.07) is 4.73. The van der Waals surface area contributed by atoms with Crippen LogP contribution in [0.15, 0.2) is 18.2 Å². The fraction of sp³-hybridized carbons (Fsp3) is 0.600. The molecule has 0 atom stereocenters. The third kappa shape index (κ3) is 4.00. The van der Waals surface area contributed by atoms with Crippen LogP contribution in [0.1, 0.15) is 42.7 Å². The molecule has 1 aromatic rings. The van der Waals surface area contributed by atoms with Crippen molar-refractivity contribution in [3.05, 3.63) is 29.3 Å². The van der Waals surface area contributed by atoms with Crippen molar-refractivity contribution in [1.82, 2.24) is 10.2 Å². The average molecular weight is 412 g/mol. The molecule has 0 unspecified atom stereocenters. The van der Waals surface area contributed by atoms with Crippen LogP contribution in [-0.4, -0.2) is 48.5 Å². The highest BCUT2D eigenvalue weighted by Gasteiger charge is 2.53. The highest BCUT2D eigenvalue weighted by atomic mass is 19.4. The Morgan fingerprint density at radius 3 is 2.55 bits per heavy atom. The van der Waals surface area contributed by atoms with Gasteiger partial charge in [-0.2, -0.15) is 0 Å². The van der Waals surface area contributed by atoms with Crippen molar-refractivity contribution in [1.29, 1.82) is 0 Å². The molecule has 2 saturated heterocycles. The molecule has 0 bridgehead atoms. The largest absolute Gasteiger partial charge is 0.573 e. The molecule has 0 aromatic heterocycles. The Bertz CT molecular complexity index is 812. The lowest BCUT2D eigenvalue weighted by molar-refractivity contribution is -0.274. The topological polar surface area (TPSA) is 67.9 Å². The molecular formula is C20H23F3N2O4. The van der Waals surface area contributed by atoms with Crippen LogP contribution in [0.25, 0.3) is 0 Å². The van der Waals surface area contributed by atoms with Gasteiger partial charge < -0.3 is 19.7 Å². The minimum absolute atomic E-state index is 0.0844. The normalized spacial score (nSPS) is 27.4. The molecule has 9 heteroatoms. The second kappa shape index (κ2) is 7.11. The van der Waals surface area contributed by atoms with Gasteiger partial charge in [0.05, 0.1) is 5.54 Å². The average Bonchev–Trinajstić information content (AvgIpc) is 3.03. The number of alkyl carbamates (subject to hydrolysis) is 1. The zero-order valence-electron chi connectivity index (χ0n) is 16.1. The summed E-state index contributed by atoms with van der Waals surface area (Å²) in [5.41, 5.74) is 0.950. The van der Waals surface area contributed by atoms with Crippen LogP contribution in [0.2, 0.25) is 0 Å². The molecule has 29 heavy (non-hydrogen) atoms. The molecule has 3 aliphatic rings. The van der Waals surface area contributed by atoms with Crippen molar-refractivity contribution in [2.75, 3.05) is 19.7 Å². The summed E-state index contributed by atoms with van der Waals surface area (Å²) in [4.78, 5) is 25.8. The van der Waals surface area contributed by atoms with E-state index in [2.05, 4.69) is 10.1 Å². The summed E-state index contributed by atoms with van der Waals surface area (Å²) in [7, 11) is 0. The quantitative estimate of drug-likeness (QED) is 0.825. The van der Waals surface area contributed by atoms with Crippen LogP contribution in [-0.2, 0) is 9.53 Å². The fourth-order valence-corrected chi connectivity index (χ4v) is 4.75. The minimum atomic E-state index is -4.72. The number of halogens is 3. The standard InChI is InChI=1S/C20H23F3N2O4/c1-12-15(3-2-4-16(12)29-20(21,22)23)13-5-7-25(8-6-13)17(26)14-9-19(10-14)11-28-18(27)24-19/h2-4,13-14H,5-11H2,1H3,(H,24,27)/t14-,19+. The lowest BCUT2D eigenvalue weighted by Crippen LogP contribution is -2.58. The summed E-state index contributed by atoms with van der Waals surface area (Å²) in [6.45, 7) is 3.09. The molecule has 1 spiro atoms. The highest BCUT2D eigenvalue weighted by Crippen LogP contribution is 2.42. The van der Waals surface area contributed by atoms with Crippen LogP contribution in [0, 0.1) is 12.8 Å². The molecule has 2 amide bonds. The molecule has 0 radical (unpaired) electrons. The Morgan fingerprint density at radius 1 is 1.28 bits per heavy atom. The van der Waals surface area contributed by atoms with Gasteiger partial charge in [-0.1, -0.05) is 12.1 Å². The second-order valence-electron chi connectivity index (χ2n) is 8.20. The van der Waals surface area contributed by atoms with Gasteiger partial charge >= 0.3 is 12.5 Å². The first-order valence-electron chi connectivity index (χ1n) is 9.75. The van der Waals surface area contributed by atoms with Gasteiger partial charge in [0, 0.05) is 19.0 Å². The number of ether oxygens (including phenoxy) is 2. The number of amides is 2. The van der Waals surface area contributed by atoms with Crippen LogP contribution in [0.4, 0.5) is 18.0 Å². The van der Waals surface area contributed by atoms with Gasteiger partial charge in [0.1, 0.15) is 12.4 Å². The van der Waals surface area contributed by atoms with Gasteiger partial charge in [-0.25, -0.2) is 4.79 Å². The van der Waals surface area contributed by atoms with Crippen molar-refractivity contribution < 1.29 is 32.2 Å². The van der Waals surface area contributed by atoms with Gasteiger partial charge in [-0.05, 0) is 55.7 Å². The monoisotopic (exact) mass is 412 g/mol. The number of alkyl halides is 3. The summed E-state index contributed by atoms with van der Waals surface area (Å²) >= 11 is 0. The number of likely N-dealkylation sites (tertiary alicyclic amines) is 1. The SMILES string of the molecule is Cc1c(OC(F)(F)F)cccc1C1CCN(C(=O)[C@H]2C[C@]3(COC(=O)N3)C2)CC1. The van der Waals surface area contributed by atoms with Crippen LogP contribution < -0.4 is 10.1 Å². The van der Waals surface area contributed by atoms with Gasteiger partial charge in [-0.3, -0.25) is 4.79 Å². The Labute approximate surface area is 166 Å². The molecule has 4 rings (SSSR count). The predicted octanol–water partition coefficient (Wildman–Crippen LogP) is 3.49. The third-order valence-electron chi connectivity index (χ3n) is 6.27. The number of carbonyl (C=O) groups excluding carboxylic acids is 2. The number of rotatable bonds is 3. The van der Waals surface area contributed by atoms with Crippen molar-refractivity contribution in [3.8, 4) is 5.75 Å². The number of carbonyl (C=O) groups is 2. The maximum Gasteiger partial charge on any atom is 0.573 e. The van der Waals surface area contributed by atoms with E-state index in [1.54, 1.807) is 13.0 Å². The first-order chi connectivity index (χ1) is 13.7. The summed E-state index contributed by atoms with van der Waals surface area (Å²) in [5, 5.41) is 2.79. The lowest BCUT2D eigenvalue weighted by Gasteiger charge is -2.45. The van der Waals surface area contributed by atoms with Crippen LogP contribution in [0.5, 0.6) is 5.75 Å². The van der Waals surface area contributed by atoms with Gasteiger partial charge in [0.15, 0.2) is 0 Å². The Morgan fingerprint density at radius 2 is 1.97 bits per heavy atom. The van der Waals surface area contributed by atoms with Crippen molar-refractivity contribution in [2.24, 2.45) is 5.92 Å². The van der Waals surface area contributed by atoms with Gasteiger partial charge in [0.25, 0.3) is 0 Å². The molecule has 1 aliphatic carbocycles. The maximum absolute atomic E-state index is 12.8. The van der Waals surface area contributed by atoms with Crippen LogP contribution >= 0.6 is 0 Å². The van der Waals surface area contributed by atoms with Gasteiger partial charge in [0.2, 0.25) is 5.91 Å². The highest BCUT2D eigenvalue weighted by molar-refractivity contribution is 5.81. The summed E-state index contributed by atoms with van der Waals surface area (Å²) in [5.74, 6) is -0.111. The predicted molar refractivity (Wildman–Crippen MR) is 96.4 cm³/mol. The Balaban J connectivity index is 1.34. The maximum atomic E-state index is 12.8. The molecule has 1 N–H and O–H groups in total. The first kappa shape index (κ1) is 19.8. The van der Waals surface area contributed by atoms with E-state index in [1.165, 1.54) is 6.07 Å². The number of hydrogen-bond donors (Lipinski definition) is 1. The van der Waals surface area contributed by atoms with E-state index in [1.807, 2.05) is 11.0 Å². The second-order valence-corrected chi connectivity index (χ2v) is 8.20. The molecule has 6 nitrogen and oxygen atoms in total. The first-order valence-corrected chi connectivity index (χ1v) is 9.75. The van der Waals surface area contributed by atoms with E-state index in [4.69, 9.17) is 4.74 Å². The minimum Gasteiger partial charge on any atom is -0.447 e. The zero-order chi connectivity index (χ0) is 20.8. The van der Waals surface area contributed by atoms with E-state index in [9.17, 15) is 22.8 Å². The zero-order valence-corrected chi connectivity index (χ0v) is 16.1.